The molecule has 0 aromatic rings. The van der Waals surface area contributed by atoms with Crippen LogP contribution in [-0.2, 0) is 4.79 Å². The van der Waals surface area contributed by atoms with Gasteiger partial charge in [0.25, 0.3) is 0 Å². The summed E-state index contributed by atoms with van der Waals surface area (Å²) in [6.07, 6.45) is 0.464. The highest BCUT2D eigenvalue weighted by Gasteiger charge is 2.32. The lowest BCUT2D eigenvalue weighted by atomic mass is 10.1. The van der Waals surface area contributed by atoms with Gasteiger partial charge < -0.3 is 10.8 Å². The zero-order chi connectivity index (χ0) is 8.43. The lowest BCUT2D eigenvalue weighted by Gasteiger charge is -2.40. The molecule has 1 fully saturated rings. The van der Waals surface area contributed by atoms with E-state index in [0.717, 1.165) is 6.42 Å². The first-order valence-electron chi connectivity index (χ1n) is 3.86. The Hall–Kier alpha value is -0.610. The third kappa shape index (κ3) is 1.70. The predicted molar refractivity (Wildman–Crippen MR) is 40.9 cm³/mol. The second-order valence-electron chi connectivity index (χ2n) is 2.93. The van der Waals surface area contributed by atoms with Crippen LogP contribution in [0.5, 0.6) is 0 Å². The first-order chi connectivity index (χ1) is 5.15. The van der Waals surface area contributed by atoms with E-state index < -0.39 is 0 Å². The van der Waals surface area contributed by atoms with E-state index in [4.69, 9.17) is 10.8 Å². The fourth-order valence-electron chi connectivity index (χ4n) is 1.38. The van der Waals surface area contributed by atoms with Gasteiger partial charge in [-0.2, -0.15) is 0 Å². The van der Waals surface area contributed by atoms with Crippen LogP contribution in [0, 0.1) is 0 Å². The number of aliphatic hydroxyl groups is 1. The summed E-state index contributed by atoms with van der Waals surface area (Å²) in [6.45, 7) is 3.09. The molecule has 1 saturated heterocycles. The Morgan fingerprint density at radius 3 is 2.64 bits per heavy atom. The highest BCUT2D eigenvalue weighted by atomic mass is 16.3. The zero-order valence-electron chi connectivity index (χ0n) is 6.66. The molecule has 1 aliphatic rings. The number of primary amides is 1. The Morgan fingerprint density at radius 1 is 1.82 bits per heavy atom. The Morgan fingerprint density at radius 2 is 2.36 bits per heavy atom. The van der Waals surface area contributed by atoms with Crippen molar-refractivity contribution in [2.24, 2.45) is 5.73 Å². The van der Waals surface area contributed by atoms with Crippen molar-refractivity contribution in [3.63, 3.8) is 0 Å². The number of carbonyl (C=O) groups is 1. The Kier molecular flexibility index (Phi) is 2.46. The van der Waals surface area contributed by atoms with Gasteiger partial charge >= 0.3 is 0 Å². The molecular weight excluding hydrogens is 144 g/mol. The van der Waals surface area contributed by atoms with Gasteiger partial charge in [-0.05, 0) is 6.42 Å². The lowest BCUT2D eigenvalue weighted by Crippen LogP contribution is -2.58. The standard InChI is InChI=1S/C7H14N2O2/c1-2-6(7(8)11)9-3-5(10)4-9/h5-6,10H,2-4H2,1H3,(H2,8,11). The van der Waals surface area contributed by atoms with Gasteiger partial charge in [-0.1, -0.05) is 6.92 Å². The van der Waals surface area contributed by atoms with Crippen molar-refractivity contribution >= 4 is 5.91 Å². The van der Waals surface area contributed by atoms with Crippen LogP contribution in [0.4, 0.5) is 0 Å². The van der Waals surface area contributed by atoms with E-state index in [1.54, 1.807) is 0 Å². The Balaban J connectivity index is 2.38. The molecule has 0 bridgehead atoms. The Labute approximate surface area is 66.0 Å². The largest absolute Gasteiger partial charge is 0.390 e. The van der Waals surface area contributed by atoms with Crippen molar-refractivity contribution in [3.05, 3.63) is 0 Å². The molecule has 0 spiro atoms. The number of hydrogen-bond acceptors (Lipinski definition) is 3. The molecule has 1 rings (SSSR count). The highest BCUT2D eigenvalue weighted by Crippen LogP contribution is 2.13. The molecule has 3 N–H and O–H groups in total. The van der Waals surface area contributed by atoms with E-state index in [9.17, 15) is 4.79 Å². The number of likely N-dealkylation sites (tertiary alicyclic amines) is 1. The van der Waals surface area contributed by atoms with Gasteiger partial charge in [0.2, 0.25) is 5.91 Å². The second-order valence-corrected chi connectivity index (χ2v) is 2.93. The maximum atomic E-state index is 10.8. The molecular formula is C7H14N2O2. The number of amides is 1. The summed E-state index contributed by atoms with van der Waals surface area (Å²) in [5.41, 5.74) is 5.14. The molecule has 0 aromatic heterocycles. The number of nitrogens with zero attached hydrogens (tertiary/aromatic N) is 1. The first-order valence-corrected chi connectivity index (χ1v) is 3.86. The quantitative estimate of drug-likeness (QED) is 0.549. The number of hydrogen-bond donors (Lipinski definition) is 2. The second kappa shape index (κ2) is 3.19. The molecule has 1 amide bonds. The topological polar surface area (TPSA) is 66.6 Å². The van der Waals surface area contributed by atoms with Crippen molar-refractivity contribution in [2.75, 3.05) is 13.1 Å². The molecule has 0 radical (unpaired) electrons. The monoisotopic (exact) mass is 158 g/mol. The SMILES string of the molecule is CCC(C(N)=O)N1CC(O)C1. The average Bonchev–Trinajstić information content (AvgIpc) is 1.85. The van der Waals surface area contributed by atoms with Crippen molar-refractivity contribution < 1.29 is 9.90 Å². The predicted octanol–water partition coefficient (Wildman–Crippen LogP) is -1.07. The third-order valence-corrected chi connectivity index (χ3v) is 2.05. The summed E-state index contributed by atoms with van der Waals surface area (Å²) in [6, 6.07) is -0.182. The van der Waals surface area contributed by atoms with Crippen LogP contribution in [0.3, 0.4) is 0 Å². The van der Waals surface area contributed by atoms with E-state index in [2.05, 4.69) is 0 Å². The molecule has 1 atom stereocenters. The van der Waals surface area contributed by atoms with Gasteiger partial charge in [-0.3, -0.25) is 9.69 Å². The summed E-state index contributed by atoms with van der Waals surface area (Å²) >= 11 is 0. The van der Waals surface area contributed by atoms with Crippen LogP contribution in [0.2, 0.25) is 0 Å². The highest BCUT2D eigenvalue weighted by molar-refractivity contribution is 5.79. The average molecular weight is 158 g/mol. The molecule has 1 unspecified atom stereocenters. The van der Waals surface area contributed by atoms with Crippen LogP contribution < -0.4 is 5.73 Å². The minimum atomic E-state index is -0.292. The number of nitrogens with two attached hydrogens (primary N) is 1. The van der Waals surface area contributed by atoms with Gasteiger partial charge in [-0.15, -0.1) is 0 Å². The zero-order valence-corrected chi connectivity index (χ0v) is 6.66. The normalized spacial score (nSPS) is 22.7. The van der Waals surface area contributed by atoms with Gasteiger partial charge in [0.15, 0.2) is 0 Å². The molecule has 4 heteroatoms. The maximum absolute atomic E-state index is 10.8. The summed E-state index contributed by atoms with van der Waals surface area (Å²) in [5.74, 6) is -0.292. The molecule has 0 saturated carbocycles. The fraction of sp³-hybridized carbons (Fsp3) is 0.857. The Bertz CT molecular complexity index is 155. The van der Waals surface area contributed by atoms with Gasteiger partial charge in [0.1, 0.15) is 0 Å². The van der Waals surface area contributed by atoms with Gasteiger partial charge in [0, 0.05) is 13.1 Å². The van der Waals surface area contributed by atoms with E-state index in [1.807, 2.05) is 11.8 Å². The first kappa shape index (κ1) is 8.49. The lowest BCUT2D eigenvalue weighted by molar-refractivity contribution is -0.128. The molecule has 4 nitrogen and oxygen atoms in total. The van der Waals surface area contributed by atoms with Crippen LogP contribution in [0.25, 0.3) is 0 Å². The van der Waals surface area contributed by atoms with E-state index in [1.165, 1.54) is 0 Å². The summed E-state index contributed by atoms with van der Waals surface area (Å²) in [4.78, 5) is 12.7. The van der Waals surface area contributed by atoms with E-state index >= 15 is 0 Å². The number of β-amino-alcohol motifs (C(OH)–C–C–N with tert-alkyl or cyclic N) is 1. The summed E-state index contributed by atoms with van der Waals surface area (Å²) < 4.78 is 0. The van der Waals surface area contributed by atoms with Crippen LogP contribution in [-0.4, -0.2) is 41.1 Å². The maximum Gasteiger partial charge on any atom is 0.234 e. The van der Waals surface area contributed by atoms with Crippen LogP contribution in [0.1, 0.15) is 13.3 Å². The van der Waals surface area contributed by atoms with E-state index in [-0.39, 0.29) is 18.1 Å². The smallest absolute Gasteiger partial charge is 0.234 e. The molecule has 0 aromatic carbocycles. The molecule has 1 heterocycles. The summed E-state index contributed by atoms with van der Waals surface area (Å²) in [5, 5.41) is 8.95. The molecule has 1 aliphatic heterocycles. The van der Waals surface area contributed by atoms with Gasteiger partial charge in [-0.25, -0.2) is 0 Å². The number of rotatable bonds is 3. The summed E-state index contributed by atoms with van der Waals surface area (Å²) in [7, 11) is 0. The van der Waals surface area contributed by atoms with Crippen molar-refractivity contribution in [1.29, 1.82) is 0 Å². The molecule has 0 aliphatic carbocycles. The van der Waals surface area contributed by atoms with Gasteiger partial charge in [0.05, 0.1) is 12.1 Å². The van der Waals surface area contributed by atoms with E-state index in [0.29, 0.717) is 13.1 Å². The molecule has 64 valence electrons. The number of aliphatic hydroxyl groups excluding tert-OH is 1. The van der Waals surface area contributed by atoms with Crippen molar-refractivity contribution in [2.45, 2.75) is 25.5 Å². The van der Waals surface area contributed by atoms with Crippen LogP contribution in [0.15, 0.2) is 0 Å². The number of carbonyl (C=O) groups excluding carboxylic acids is 1. The van der Waals surface area contributed by atoms with Crippen LogP contribution >= 0.6 is 0 Å². The minimum Gasteiger partial charge on any atom is -0.390 e. The third-order valence-electron chi connectivity index (χ3n) is 2.05. The minimum absolute atomic E-state index is 0.182. The molecule has 11 heavy (non-hydrogen) atoms. The fourth-order valence-corrected chi connectivity index (χ4v) is 1.38. The van der Waals surface area contributed by atoms with Crippen molar-refractivity contribution in [3.8, 4) is 0 Å². The van der Waals surface area contributed by atoms with Crippen molar-refractivity contribution in [1.82, 2.24) is 4.90 Å².